The summed E-state index contributed by atoms with van der Waals surface area (Å²) < 4.78 is 0.913. The lowest BCUT2D eigenvalue weighted by atomic mass is 10.3. The predicted octanol–water partition coefficient (Wildman–Crippen LogP) is 2.25. The molecular weight excluding hydrogens is 218 g/mol. The van der Waals surface area contributed by atoms with Gasteiger partial charge in [-0.05, 0) is 22.4 Å². The molecule has 0 atom stereocenters. The van der Waals surface area contributed by atoms with E-state index < -0.39 is 0 Å². The van der Waals surface area contributed by atoms with Crippen molar-refractivity contribution in [1.29, 1.82) is 0 Å². The molecule has 0 fully saturated rings. The second-order valence-electron chi connectivity index (χ2n) is 2.51. The van der Waals surface area contributed by atoms with Gasteiger partial charge in [-0.2, -0.15) is 0 Å². The van der Waals surface area contributed by atoms with Crippen LogP contribution >= 0.6 is 15.9 Å². The number of nitrogens with one attached hydrogen (secondary N) is 1. The average Bonchev–Trinajstić information content (AvgIpc) is 2.04. The number of nitrogen functional groups attached to an aromatic ring is 1. The minimum atomic E-state index is 0.679. The fourth-order valence-electron chi connectivity index (χ4n) is 0.886. The summed E-state index contributed by atoms with van der Waals surface area (Å²) in [6, 6.07) is 0. The van der Waals surface area contributed by atoms with E-state index in [1.165, 1.54) is 0 Å². The predicted molar refractivity (Wildman–Crippen MR) is 55.1 cm³/mol. The number of nitrogens with zero attached hydrogens (tertiary/aromatic N) is 1. The van der Waals surface area contributed by atoms with Crippen molar-refractivity contribution in [2.45, 2.75) is 13.3 Å². The van der Waals surface area contributed by atoms with Gasteiger partial charge in [0.15, 0.2) is 0 Å². The number of pyridine rings is 1. The molecule has 0 radical (unpaired) electrons. The standard InChI is InChI=1S/C8H12BrN3/c1-2-3-12-8-6(9)4-11-5-7(8)10/h4-5H,2-3,10H2,1H3,(H,11,12). The van der Waals surface area contributed by atoms with Gasteiger partial charge in [0.25, 0.3) is 0 Å². The lowest BCUT2D eigenvalue weighted by molar-refractivity contribution is 0.978. The highest BCUT2D eigenvalue weighted by Crippen LogP contribution is 2.26. The van der Waals surface area contributed by atoms with Crippen LogP contribution in [-0.2, 0) is 0 Å². The van der Waals surface area contributed by atoms with Crippen LogP contribution in [0.25, 0.3) is 0 Å². The molecule has 0 spiro atoms. The van der Waals surface area contributed by atoms with Crippen LogP contribution in [0, 0.1) is 0 Å². The van der Waals surface area contributed by atoms with Crippen molar-refractivity contribution in [3.63, 3.8) is 0 Å². The van der Waals surface area contributed by atoms with Gasteiger partial charge < -0.3 is 11.1 Å². The first-order valence-corrected chi connectivity index (χ1v) is 4.68. The highest BCUT2D eigenvalue weighted by atomic mass is 79.9. The Labute approximate surface area is 80.5 Å². The van der Waals surface area contributed by atoms with Crippen LogP contribution in [0.2, 0.25) is 0 Å². The van der Waals surface area contributed by atoms with E-state index in [2.05, 4.69) is 33.2 Å². The van der Waals surface area contributed by atoms with Crippen LogP contribution < -0.4 is 11.1 Å². The lowest BCUT2D eigenvalue weighted by Gasteiger charge is -2.08. The van der Waals surface area contributed by atoms with Gasteiger partial charge in [-0.25, -0.2) is 0 Å². The third-order valence-electron chi connectivity index (χ3n) is 1.48. The monoisotopic (exact) mass is 229 g/mol. The molecule has 66 valence electrons. The molecular formula is C8H12BrN3. The van der Waals surface area contributed by atoms with E-state index in [0.29, 0.717) is 5.69 Å². The van der Waals surface area contributed by atoms with Crippen LogP contribution in [0.4, 0.5) is 11.4 Å². The summed E-state index contributed by atoms with van der Waals surface area (Å²) in [4.78, 5) is 3.94. The van der Waals surface area contributed by atoms with Crippen molar-refractivity contribution in [2.75, 3.05) is 17.6 Å². The van der Waals surface area contributed by atoms with Crippen molar-refractivity contribution in [2.24, 2.45) is 0 Å². The molecule has 3 nitrogen and oxygen atoms in total. The molecule has 0 bridgehead atoms. The fraction of sp³-hybridized carbons (Fsp3) is 0.375. The van der Waals surface area contributed by atoms with Gasteiger partial charge in [-0.1, -0.05) is 6.92 Å². The molecule has 0 aliphatic heterocycles. The topological polar surface area (TPSA) is 50.9 Å². The van der Waals surface area contributed by atoms with Crippen LogP contribution in [0.1, 0.15) is 13.3 Å². The molecule has 0 aromatic carbocycles. The van der Waals surface area contributed by atoms with E-state index in [9.17, 15) is 0 Å². The Hall–Kier alpha value is -0.770. The molecule has 1 heterocycles. The summed E-state index contributed by atoms with van der Waals surface area (Å²) >= 11 is 3.37. The molecule has 3 N–H and O–H groups in total. The van der Waals surface area contributed by atoms with Gasteiger partial charge in [0.1, 0.15) is 0 Å². The zero-order valence-corrected chi connectivity index (χ0v) is 8.56. The molecule has 1 aromatic heterocycles. The number of hydrogen-bond acceptors (Lipinski definition) is 3. The molecule has 0 aliphatic rings. The van der Waals surface area contributed by atoms with Gasteiger partial charge in [-0.3, -0.25) is 4.98 Å². The Balaban J connectivity index is 2.81. The van der Waals surface area contributed by atoms with E-state index in [1.807, 2.05) is 0 Å². The molecule has 0 unspecified atom stereocenters. The second-order valence-corrected chi connectivity index (χ2v) is 3.37. The summed E-state index contributed by atoms with van der Waals surface area (Å²) in [5, 5.41) is 3.22. The largest absolute Gasteiger partial charge is 0.396 e. The highest BCUT2D eigenvalue weighted by molar-refractivity contribution is 9.10. The van der Waals surface area contributed by atoms with Crippen LogP contribution in [0.15, 0.2) is 16.9 Å². The number of anilines is 2. The minimum absolute atomic E-state index is 0.679. The molecule has 0 aliphatic carbocycles. The van der Waals surface area contributed by atoms with Crippen molar-refractivity contribution in [1.82, 2.24) is 4.98 Å². The smallest absolute Gasteiger partial charge is 0.0750 e. The summed E-state index contributed by atoms with van der Waals surface area (Å²) in [6.07, 6.45) is 4.45. The molecule has 0 saturated heterocycles. The zero-order chi connectivity index (χ0) is 8.97. The van der Waals surface area contributed by atoms with Gasteiger partial charge >= 0.3 is 0 Å². The number of hydrogen-bond donors (Lipinski definition) is 2. The molecule has 0 saturated carbocycles. The number of rotatable bonds is 3. The Morgan fingerprint density at radius 1 is 1.58 bits per heavy atom. The minimum Gasteiger partial charge on any atom is -0.396 e. The fourth-order valence-corrected chi connectivity index (χ4v) is 1.37. The first kappa shape index (κ1) is 9.32. The molecule has 0 amide bonds. The summed E-state index contributed by atoms with van der Waals surface area (Å²) in [5.41, 5.74) is 7.32. The normalized spacial score (nSPS) is 9.83. The molecule has 12 heavy (non-hydrogen) atoms. The van der Waals surface area contributed by atoms with Crippen LogP contribution in [0.5, 0.6) is 0 Å². The van der Waals surface area contributed by atoms with E-state index in [-0.39, 0.29) is 0 Å². The van der Waals surface area contributed by atoms with Crippen molar-refractivity contribution in [3.05, 3.63) is 16.9 Å². The number of aromatic nitrogens is 1. The zero-order valence-electron chi connectivity index (χ0n) is 6.97. The van der Waals surface area contributed by atoms with Crippen LogP contribution in [-0.4, -0.2) is 11.5 Å². The van der Waals surface area contributed by atoms with Crippen molar-refractivity contribution < 1.29 is 0 Å². The third kappa shape index (κ3) is 2.11. The number of nitrogens with two attached hydrogens (primary N) is 1. The average molecular weight is 230 g/mol. The maximum Gasteiger partial charge on any atom is 0.0750 e. The van der Waals surface area contributed by atoms with E-state index >= 15 is 0 Å². The van der Waals surface area contributed by atoms with Crippen LogP contribution in [0.3, 0.4) is 0 Å². The Kier molecular flexibility index (Phi) is 3.34. The van der Waals surface area contributed by atoms with Crippen molar-refractivity contribution >= 4 is 27.3 Å². The first-order valence-electron chi connectivity index (χ1n) is 3.88. The Bertz CT molecular complexity index is 242. The van der Waals surface area contributed by atoms with Gasteiger partial charge in [0.2, 0.25) is 0 Å². The van der Waals surface area contributed by atoms with Gasteiger partial charge in [-0.15, -0.1) is 0 Å². The molecule has 1 rings (SSSR count). The number of halogens is 1. The summed E-state index contributed by atoms with van der Waals surface area (Å²) in [5.74, 6) is 0. The SMILES string of the molecule is CCCNc1c(N)cncc1Br. The van der Waals surface area contributed by atoms with E-state index in [1.54, 1.807) is 12.4 Å². The maximum absolute atomic E-state index is 5.71. The van der Waals surface area contributed by atoms with Crippen molar-refractivity contribution in [3.8, 4) is 0 Å². The Morgan fingerprint density at radius 2 is 2.33 bits per heavy atom. The second kappa shape index (κ2) is 4.30. The third-order valence-corrected chi connectivity index (χ3v) is 2.08. The lowest BCUT2D eigenvalue weighted by Crippen LogP contribution is -2.04. The first-order chi connectivity index (χ1) is 5.75. The van der Waals surface area contributed by atoms with E-state index in [0.717, 1.165) is 23.1 Å². The molecule has 4 heteroatoms. The van der Waals surface area contributed by atoms with E-state index in [4.69, 9.17) is 5.73 Å². The van der Waals surface area contributed by atoms with Gasteiger partial charge in [0, 0.05) is 12.7 Å². The highest BCUT2D eigenvalue weighted by Gasteiger charge is 2.02. The van der Waals surface area contributed by atoms with Gasteiger partial charge in [0.05, 0.1) is 22.0 Å². The Morgan fingerprint density at radius 3 is 2.92 bits per heavy atom. The quantitative estimate of drug-likeness (QED) is 0.837. The summed E-state index contributed by atoms with van der Waals surface area (Å²) in [7, 11) is 0. The summed E-state index contributed by atoms with van der Waals surface area (Å²) in [6.45, 7) is 3.03. The maximum atomic E-state index is 5.71. The molecule has 1 aromatic rings.